The van der Waals surface area contributed by atoms with Crippen LogP contribution in [0.3, 0.4) is 0 Å². The summed E-state index contributed by atoms with van der Waals surface area (Å²) in [5.41, 5.74) is 10.6. The van der Waals surface area contributed by atoms with Gasteiger partial charge in [0.25, 0.3) is 0 Å². The maximum absolute atomic E-state index is 5.47. The SMILES string of the molecule is c1ccc(-c2nc(-c3cccc(-c4ccc5sc6ccccc6c5c4)c3)nc(-c3c(-n4c5ccccc5c5ccccc54)cc(-c4ccccc4)c4ccccc34)n2)cc1. The van der Waals surface area contributed by atoms with Gasteiger partial charge in [-0.05, 0) is 75.5 Å². The molecule has 0 bridgehead atoms. The normalized spacial score (nSPS) is 11.7. The minimum Gasteiger partial charge on any atom is -0.308 e. The second kappa shape index (κ2) is 14.0. The van der Waals surface area contributed by atoms with Crippen LogP contribution < -0.4 is 0 Å². The smallest absolute Gasteiger partial charge is 0.166 e. The highest BCUT2D eigenvalue weighted by atomic mass is 32.1. The standard InChI is InChI=1S/C55H34N4S/c1-3-16-35(17-4-1)45-34-49(59-47-27-12-9-23-41(47)42-24-10-13-28-48(42)59)52(44-26-8-7-22-40(44)45)55-57-53(36-18-5-2-6-19-36)56-54(58-55)39-21-15-20-37(32-39)38-30-31-51-46(33-38)43-25-11-14-29-50(43)60-51/h1-34H. The molecule has 0 saturated carbocycles. The van der Waals surface area contributed by atoms with Crippen molar-refractivity contribution in [1.29, 1.82) is 0 Å². The Hall–Kier alpha value is -7.73. The Labute approximate surface area is 350 Å². The molecule has 3 heterocycles. The Balaban J connectivity index is 1.14. The molecule has 0 aliphatic carbocycles. The van der Waals surface area contributed by atoms with E-state index in [4.69, 9.17) is 15.0 Å². The fraction of sp³-hybridized carbons (Fsp3) is 0. The van der Waals surface area contributed by atoms with Gasteiger partial charge in [-0.15, -0.1) is 11.3 Å². The molecule has 5 heteroatoms. The summed E-state index contributed by atoms with van der Waals surface area (Å²) in [6, 6.07) is 73.3. The minimum absolute atomic E-state index is 0.614. The molecule has 4 nitrogen and oxygen atoms in total. The molecule has 0 unspecified atom stereocenters. The van der Waals surface area contributed by atoms with Crippen LogP contribution in [-0.4, -0.2) is 19.5 Å². The van der Waals surface area contributed by atoms with Crippen LogP contribution in [0, 0.1) is 0 Å². The maximum atomic E-state index is 5.47. The molecular weight excluding hydrogens is 749 g/mol. The highest BCUT2D eigenvalue weighted by Gasteiger charge is 2.24. The number of nitrogens with zero attached hydrogens (tertiary/aromatic N) is 4. The van der Waals surface area contributed by atoms with Crippen LogP contribution in [0.2, 0.25) is 0 Å². The van der Waals surface area contributed by atoms with Crippen LogP contribution in [0.4, 0.5) is 0 Å². The zero-order valence-electron chi connectivity index (χ0n) is 32.3. The maximum Gasteiger partial charge on any atom is 0.166 e. The number of rotatable bonds is 6. The van der Waals surface area contributed by atoms with Crippen LogP contribution in [0.1, 0.15) is 0 Å². The molecule has 0 spiro atoms. The summed E-state index contributed by atoms with van der Waals surface area (Å²) in [6.07, 6.45) is 0. The van der Waals surface area contributed by atoms with E-state index in [-0.39, 0.29) is 0 Å². The van der Waals surface area contributed by atoms with Crippen LogP contribution in [0.5, 0.6) is 0 Å². The van der Waals surface area contributed by atoms with Crippen molar-refractivity contribution >= 4 is 64.1 Å². The molecule has 0 aliphatic rings. The third-order valence-electron chi connectivity index (χ3n) is 11.7. The van der Waals surface area contributed by atoms with Gasteiger partial charge in [0.05, 0.1) is 22.3 Å². The summed E-state index contributed by atoms with van der Waals surface area (Å²) >= 11 is 1.84. The Bertz CT molecular complexity index is 3550. The molecule has 0 radical (unpaired) electrons. The first-order valence-electron chi connectivity index (χ1n) is 20.2. The van der Waals surface area contributed by atoms with Crippen LogP contribution in [0.15, 0.2) is 206 Å². The van der Waals surface area contributed by atoms with Crippen molar-refractivity contribution in [1.82, 2.24) is 19.5 Å². The number of hydrogen-bond acceptors (Lipinski definition) is 4. The van der Waals surface area contributed by atoms with Gasteiger partial charge in [-0.3, -0.25) is 0 Å². The highest BCUT2D eigenvalue weighted by molar-refractivity contribution is 7.25. The summed E-state index contributed by atoms with van der Waals surface area (Å²) in [4.78, 5) is 16.1. The number of benzene rings is 9. The average molecular weight is 783 g/mol. The summed E-state index contributed by atoms with van der Waals surface area (Å²) in [7, 11) is 0. The van der Waals surface area contributed by atoms with E-state index in [2.05, 4.69) is 193 Å². The lowest BCUT2D eigenvalue weighted by Crippen LogP contribution is -2.05. The topological polar surface area (TPSA) is 43.6 Å². The van der Waals surface area contributed by atoms with Crippen molar-refractivity contribution in [3.63, 3.8) is 0 Å². The second-order valence-corrected chi connectivity index (χ2v) is 16.2. The van der Waals surface area contributed by atoms with Gasteiger partial charge in [-0.1, -0.05) is 164 Å². The van der Waals surface area contributed by atoms with Gasteiger partial charge in [0.2, 0.25) is 0 Å². The predicted octanol–water partition coefficient (Wildman–Crippen LogP) is 14.8. The van der Waals surface area contributed by atoms with Crippen molar-refractivity contribution in [3.05, 3.63) is 206 Å². The first-order chi connectivity index (χ1) is 29.7. The number of hydrogen-bond donors (Lipinski definition) is 0. The monoisotopic (exact) mass is 782 g/mol. The van der Waals surface area contributed by atoms with Gasteiger partial charge in [0, 0.05) is 42.1 Å². The number of aromatic nitrogens is 4. The molecule has 12 aromatic rings. The third-order valence-corrected chi connectivity index (χ3v) is 12.8. The van der Waals surface area contributed by atoms with Gasteiger partial charge in [-0.25, -0.2) is 15.0 Å². The molecule has 0 atom stereocenters. The Morgan fingerprint density at radius 1 is 0.317 bits per heavy atom. The van der Waals surface area contributed by atoms with E-state index in [1.54, 1.807) is 0 Å². The average Bonchev–Trinajstić information content (AvgIpc) is 3.87. The lowest BCUT2D eigenvalue weighted by atomic mass is 9.92. The first-order valence-corrected chi connectivity index (χ1v) is 21.0. The molecule has 12 rings (SSSR count). The van der Waals surface area contributed by atoms with E-state index in [0.717, 1.165) is 66.4 Å². The fourth-order valence-electron chi connectivity index (χ4n) is 8.89. The van der Waals surface area contributed by atoms with E-state index < -0.39 is 0 Å². The summed E-state index contributed by atoms with van der Waals surface area (Å²) < 4.78 is 4.99. The second-order valence-electron chi connectivity index (χ2n) is 15.2. The molecular formula is C55H34N4S. The fourth-order valence-corrected chi connectivity index (χ4v) is 9.97. The number of para-hydroxylation sites is 2. The highest BCUT2D eigenvalue weighted by Crippen LogP contribution is 2.44. The largest absolute Gasteiger partial charge is 0.308 e. The van der Waals surface area contributed by atoms with Crippen molar-refractivity contribution in [2.45, 2.75) is 0 Å². The molecule has 0 aliphatic heterocycles. The van der Waals surface area contributed by atoms with Gasteiger partial charge in [0.15, 0.2) is 17.5 Å². The van der Waals surface area contributed by atoms with Crippen molar-refractivity contribution in [2.75, 3.05) is 0 Å². The molecule has 3 aromatic heterocycles. The zero-order chi connectivity index (χ0) is 39.6. The molecule has 280 valence electrons. The van der Waals surface area contributed by atoms with E-state index in [9.17, 15) is 0 Å². The number of thiophene rings is 1. The summed E-state index contributed by atoms with van der Waals surface area (Å²) in [6.45, 7) is 0. The Morgan fingerprint density at radius 2 is 0.833 bits per heavy atom. The first kappa shape index (κ1) is 34.3. The molecule has 9 aromatic carbocycles. The zero-order valence-corrected chi connectivity index (χ0v) is 33.1. The lowest BCUT2D eigenvalue weighted by molar-refractivity contribution is 1.07. The molecule has 0 saturated heterocycles. The Morgan fingerprint density at radius 3 is 1.57 bits per heavy atom. The summed E-state index contributed by atoms with van der Waals surface area (Å²) in [5, 5.41) is 7.15. The van der Waals surface area contributed by atoms with Crippen molar-refractivity contribution in [2.24, 2.45) is 0 Å². The molecule has 60 heavy (non-hydrogen) atoms. The van der Waals surface area contributed by atoms with Crippen molar-refractivity contribution < 1.29 is 0 Å². The Kier molecular flexibility index (Phi) is 8.00. The predicted molar refractivity (Wildman–Crippen MR) is 252 cm³/mol. The quantitative estimate of drug-likeness (QED) is 0.169. The number of fused-ring (bicyclic) bond motifs is 7. The molecule has 0 amide bonds. The van der Waals surface area contributed by atoms with Gasteiger partial charge in [0.1, 0.15) is 0 Å². The van der Waals surface area contributed by atoms with E-state index in [0.29, 0.717) is 17.5 Å². The van der Waals surface area contributed by atoms with E-state index in [1.807, 2.05) is 29.5 Å². The molecule has 0 N–H and O–H groups in total. The minimum atomic E-state index is 0.614. The van der Waals surface area contributed by atoms with E-state index in [1.165, 1.54) is 30.9 Å². The van der Waals surface area contributed by atoms with E-state index >= 15 is 0 Å². The third kappa shape index (κ3) is 5.63. The lowest BCUT2D eigenvalue weighted by Gasteiger charge is -2.20. The van der Waals surface area contributed by atoms with Crippen molar-refractivity contribution in [3.8, 4) is 62.1 Å². The van der Waals surface area contributed by atoms with Gasteiger partial charge in [-0.2, -0.15) is 0 Å². The van der Waals surface area contributed by atoms with Crippen LogP contribution in [-0.2, 0) is 0 Å². The molecule has 0 fully saturated rings. The summed E-state index contributed by atoms with van der Waals surface area (Å²) in [5.74, 6) is 1.85. The van der Waals surface area contributed by atoms with Gasteiger partial charge < -0.3 is 4.57 Å². The van der Waals surface area contributed by atoms with Gasteiger partial charge >= 0.3 is 0 Å². The van der Waals surface area contributed by atoms with Crippen LogP contribution in [0.25, 0.3) is 115 Å². The van der Waals surface area contributed by atoms with Crippen LogP contribution >= 0.6 is 11.3 Å².